The van der Waals surface area contributed by atoms with E-state index < -0.39 is 6.10 Å². The Hall–Kier alpha value is -0.900. The van der Waals surface area contributed by atoms with Crippen LogP contribution in [0.15, 0.2) is 0 Å². The summed E-state index contributed by atoms with van der Waals surface area (Å²) >= 11 is 0. The molecular weight excluding hydrogens is 230 g/mol. The molecule has 0 aromatic carbocycles. The maximum atomic E-state index is 12.4. The Labute approximate surface area is 108 Å². The number of amides is 2. The molecule has 1 heterocycles. The van der Waals surface area contributed by atoms with E-state index in [2.05, 4.69) is 0 Å². The third kappa shape index (κ3) is 2.44. The summed E-state index contributed by atoms with van der Waals surface area (Å²) in [6, 6.07) is 0. The summed E-state index contributed by atoms with van der Waals surface area (Å²) in [7, 11) is 0. The minimum atomic E-state index is -0.409. The molecule has 0 aromatic rings. The molecule has 1 aliphatic carbocycles. The number of aliphatic hydroxyl groups is 1. The smallest absolute Gasteiger partial charge is 0.235 e. The maximum Gasteiger partial charge on any atom is 0.235 e. The average molecular weight is 253 g/mol. The fourth-order valence-corrected chi connectivity index (χ4v) is 3.19. The highest BCUT2D eigenvalue weighted by Crippen LogP contribution is 2.45. The number of carbonyl (C=O) groups excluding carboxylic acids is 2. The van der Waals surface area contributed by atoms with Crippen molar-refractivity contribution in [3.05, 3.63) is 0 Å². The van der Waals surface area contributed by atoms with Crippen LogP contribution < -0.4 is 0 Å². The van der Waals surface area contributed by atoms with Crippen molar-refractivity contribution in [1.29, 1.82) is 0 Å². The zero-order valence-electron chi connectivity index (χ0n) is 11.2. The van der Waals surface area contributed by atoms with Gasteiger partial charge < -0.3 is 5.11 Å². The summed E-state index contributed by atoms with van der Waals surface area (Å²) in [6.45, 7) is 2.29. The predicted octanol–water partition coefficient (Wildman–Crippen LogP) is 1.86. The van der Waals surface area contributed by atoms with Gasteiger partial charge in [-0.25, -0.2) is 0 Å². The van der Waals surface area contributed by atoms with Crippen LogP contribution in [-0.2, 0) is 9.59 Å². The highest BCUT2D eigenvalue weighted by molar-refractivity contribution is 6.05. The Balaban J connectivity index is 2.00. The Bertz CT molecular complexity index is 334. The van der Waals surface area contributed by atoms with Gasteiger partial charge in [-0.2, -0.15) is 0 Å². The molecule has 2 amide bonds. The molecule has 4 nitrogen and oxygen atoms in total. The standard InChI is InChI=1S/C14H23NO3/c1-2-11(16)6-9-15-12(17)10-14(13(15)18)7-4-3-5-8-14/h11,16H,2-10H2,1H3. The number of carbonyl (C=O) groups is 2. The molecule has 2 aliphatic rings. The fraction of sp³-hybridized carbons (Fsp3) is 0.857. The summed E-state index contributed by atoms with van der Waals surface area (Å²) in [5.41, 5.74) is -0.382. The van der Waals surface area contributed by atoms with E-state index in [0.717, 1.165) is 25.7 Å². The molecule has 2 rings (SSSR count). The first kappa shape index (κ1) is 13.5. The first-order valence-electron chi connectivity index (χ1n) is 7.12. The Morgan fingerprint density at radius 2 is 1.94 bits per heavy atom. The number of imide groups is 1. The zero-order valence-corrected chi connectivity index (χ0v) is 11.2. The van der Waals surface area contributed by atoms with E-state index in [0.29, 0.717) is 25.8 Å². The van der Waals surface area contributed by atoms with Crippen molar-refractivity contribution in [2.24, 2.45) is 5.41 Å². The third-order valence-electron chi connectivity index (χ3n) is 4.46. The second kappa shape index (κ2) is 5.39. The van der Waals surface area contributed by atoms with Gasteiger partial charge >= 0.3 is 0 Å². The van der Waals surface area contributed by atoms with E-state index in [4.69, 9.17) is 0 Å². The lowest BCUT2D eigenvalue weighted by atomic mass is 9.73. The summed E-state index contributed by atoms with van der Waals surface area (Å²) in [5.74, 6) is -0.0132. The van der Waals surface area contributed by atoms with Gasteiger partial charge in [-0.3, -0.25) is 14.5 Å². The van der Waals surface area contributed by atoms with Gasteiger partial charge in [0.15, 0.2) is 0 Å². The molecule has 1 atom stereocenters. The van der Waals surface area contributed by atoms with Crippen molar-refractivity contribution in [2.75, 3.05) is 6.54 Å². The molecule has 0 aromatic heterocycles. The highest BCUT2D eigenvalue weighted by Gasteiger charge is 2.51. The number of hydrogen-bond acceptors (Lipinski definition) is 3. The molecule has 1 spiro atoms. The van der Waals surface area contributed by atoms with Crippen molar-refractivity contribution >= 4 is 11.8 Å². The predicted molar refractivity (Wildman–Crippen MR) is 67.8 cm³/mol. The van der Waals surface area contributed by atoms with Crippen LogP contribution in [0.3, 0.4) is 0 Å². The van der Waals surface area contributed by atoms with Crippen LogP contribution in [0, 0.1) is 5.41 Å². The molecule has 1 saturated heterocycles. The third-order valence-corrected chi connectivity index (χ3v) is 4.46. The van der Waals surface area contributed by atoms with E-state index in [1.54, 1.807) is 0 Å². The number of hydrogen-bond donors (Lipinski definition) is 1. The second-order valence-corrected chi connectivity index (χ2v) is 5.72. The minimum Gasteiger partial charge on any atom is -0.393 e. The summed E-state index contributed by atoms with van der Waals surface area (Å²) in [5, 5.41) is 9.54. The van der Waals surface area contributed by atoms with Crippen LogP contribution in [0.4, 0.5) is 0 Å². The fourth-order valence-electron chi connectivity index (χ4n) is 3.19. The molecule has 1 saturated carbocycles. The Kier molecular flexibility index (Phi) is 4.05. The van der Waals surface area contributed by atoms with Crippen LogP contribution in [-0.4, -0.2) is 34.5 Å². The van der Waals surface area contributed by atoms with Gasteiger partial charge in [-0.15, -0.1) is 0 Å². The lowest BCUT2D eigenvalue weighted by Gasteiger charge is -2.30. The van der Waals surface area contributed by atoms with E-state index in [9.17, 15) is 14.7 Å². The molecule has 1 unspecified atom stereocenters. The minimum absolute atomic E-state index is 0.0236. The SMILES string of the molecule is CCC(O)CCN1C(=O)CC2(CCCCC2)C1=O. The Morgan fingerprint density at radius 1 is 1.28 bits per heavy atom. The van der Waals surface area contributed by atoms with E-state index >= 15 is 0 Å². The molecule has 2 fully saturated rings. The molecule has 4 heteroatoms. The largest absolute Gasteiger partial charge is 0.393 e. The van der Waals surface area contributed by atoms with Gasteiger partial charge in [-0.05, 0) is 25.7 Å². The van der Waals surface area contributed by atoms with E-state index in [1.807, 2.05) is 6.92 Å². The molecule has 102 valence electrons. The number of rotatable bonds is 4. The van der Waals surface area contributed by atoms with Crippen molar-refractivity contribution < 1.29 is 14.7 Å². The van der Waals surface area contributed by atoms with Crippen LogP contribution in [0.2, 0.25) is 0 Å². The number of aliphatic hydroxyl groups excluding tert-OH is 1. The number of nitrogens with zero attached hydrogens (tertiary/aromatic N) is 1. The van der Waals surface area contributed by atoms with Crippen LogP contribution >= 0.6 is 0 Å². The first-order valence-corrected chi connectivity index (χ1v) is 7.12. The summed E-state index contributed by atoms with van der Waals surface area (Å²) in [6.07, 6.45) is 6.19. The van der Waals surface area contributed by atoms with Gasteiger partial charge in [0.05, 0.1) is 11.5 Å². The van der Waals surface area contributed by atoms with Gasteiger partial charge in [-0.1, -0.05) is 26.2 Å². The molecular formula is C14H23NO3. The highest BCUT2D eigenvalue weighted by atomic mass is 16.3. The normalized spacial score (nSPS) is 24.9. The second-order valence-electron chi connectivity index (χ2n) is 5.72. The first-order chi connectivity index (χ1) is 8.59. The van der Waals surface area contributed by atoms with Crippen molar-refractivity contribution in [1.82, 2.24) is 4.90 Å². The monoisotopic (exact) mass is 253 g/mol. The van der Waals surface area contributed by atoms with Gasteiger partial charge in [0.1, 0.15) is 0 Å². The Morgan fingerprint density at radius 3 is 2.56 bits per heavy atom. The van der Waals surface area contributed by atoms with Crippen molar-refractivity contribution in [3.63, 3.8) is 0 Å². The average Bonchev–Trinajstić information content (AvgIpc) is 2.60. The quantitative estimate of drug-likeness (QED) is 0.778. The van der Waals surface area contributed by atoms with E-state index in [-0.39, 0.29) is 17.2 Å². The molecule has 1 aliphatic heterocycles. The lowest BCUT2D eigenvalue weighted by Crippen LogP contribution is -2.38. The van der Waals surface area contributed by atoms with E-state index in [1.165, 1.54) is 11.3 Å². The van der Waals surface area contributed by atoms with Crippen LogP contribution in [0.25, 0.3) is 0 Å². The molecule has 0 bridgehead atoms. The zero-order chi connectivity index (χ0) is 13.2. The summed E-state index contributed by atoms with van der Waals surface area (Å²) < 4.78 is 0. The number of likely N-dealkylation sites (tertiary alicyclic amines) is 1. The maximum absolute atomic E-state index is 12.4. The van der Waals surface area contributed by atoms with Crippen LogP contribution in [0.1, 0.15) is 58.3 Å². The summed E-state index contributed by atoms with van der Waals surface area (Å²) in [4.78, 5) is 25.8. The molecule has 0 radical (unpaired) electrons. The topological polar surface area (TPSA) is 57.6 Å². The van der Waals surface area contributed by atoms with Gasteiger partial charge in [0, 0.05) is 13.0 Å². The van der Waals surface area contributed by atoms with Gasteiger partial charge in [0.25, 0.3) is 0 Å². The molecule has 18 heavy (non-hydrogen) atoms. The molecule has 1 N–H and O–H groups in total. The lowest BCUT2D eigenvalue weighted by molar-refractivity contribution is -0.142. The van der Waals surface area contributed by atoms with Gasteiger partial charge in [0.2, 0.25) is 11.8 Å². The van der Waals surface area contributed by atoms with Crippen LogP contribution in [0.5, 0.6) is 0 Å². The van der Waals surface area contributed by atoms with Crippen molar-refractivity contribution in [3.8, 4) is 0 Å². The van der Waals surface area contributed by atoms with Crippen molar-refractivity contribution in [2.45, 2.75) is 64.4 Å².